The number of hydrogen-bond acceptors (Lipinski definition) is 4. The van der Waals surface area contributed by atoms with Gasteiger partial charge >= 0.3 is 0 Å². The molecule has 0 spiro atoms. The fourth-order valence-electron chi connectivity index (χ4n) is 3.36. The maximum absolute atomic E-state index is 13.1. The van der Waals surface area contributed by atoms with E-state index in [1.165, 1.54) is 0 Å². The highest BCUT2D eigenvalue weighted by Gasteiger charge is 2.34. The maximum Gasteiger partial charge on any atom is 0.243 e. The Balaban J connectivity index is 2.02. The first kappa shape index (κ1) is 17.8. The number of fused-ring (bicyclic) bond motifs is 1. The lowest BCUT2D eigenvalue weighted by molar-refractivity contribution is 0.319. The third-order valence-corrected chi connectivity index (χ3v) is 6.69. The molecule has 0 saturated carbocycles. The van der Waals surface area contributed by atoms with E-state index < -0.39 is 10.0 Å². The van der Waals surface area contributed by atoms with E-state index in [1.807, 2.05) is 32.0 Å². The molecule has 5 nitrogen and oxygen atoms in total. The van der Waals surface area contributed by atoms with Crippen LogP contribution in [-0.4, -0.2) is 33.5 Å². The minimum Gasteiger partial charge on any atom is -0.493 e. The predicted octanol–water partition coefficient (Wildman–Crippen LogP) is 3.32. The van der Waals surface area contributed by atoms with E-state index in [0.717, 1.165) is 16.7 Å². The van der Waals surface area contributed by atoms with Gasteiger partial charge in [0.25, 0.3) is 0 Å². The van der Waals surface area contributed by atoms with Gasteiger partial charge in [0.2, 0.25) is 10.0 Å². The first-order chi connectivity index (χ1) is 11.9. The van der Waals surface area contributed by atoms with Crippen molar-refractivity contribution in [3.63, 3.8) is 0 Å². The lowest BCUT2D eigenvalue weighted by atomic mass is 9.94. The molecule has 0 amide bonds. The molecule has 0 aromatic heterocycles. The monoisotopic (exact) mass is 361 g/mol. The normalized spacial score (nSPS) is 17.8. The van der Waals surface area contributed by atoms with E-state index in [0.29, 0.717) is 29.4 Å². The van der Waals surface area contributed by atoms with Crippen LogP contribution in [0.3, 0.4) is 0 Å². The summed E-state index contributed by atoms with van der Waals surface area (Å²) in [7, 11) is -0.366. The number of ether oxygens (including phenoxy) is 2. The fraction of sp³-hybridized carbons (Fsp3) is 0.368. The summed E-state index contributed by atoms with van der Waals surface area (Å²) in [5.41, 5.74) is 2.98. The molecule has 0 N–H and O–H groups in total. The van der Waals surface area contributed by atoms with Gasteiger partial charge in [-0.25, -0.2) is 8.42 Å². The van der Waals surface area contributed by atoms with Gasteiger partial charge in [-0.2, -0.15) is 4.31 Å². The summed E-state index contributed by atoms with van der Waals surface area (Å²) in [6, 6.07) is 10.6. The molecule has 0 saturated heterocycles. The van der Waals surface area contributed by atoms with Crippen LogP contribution in [-0.2, 0) is 16.4 Å². The third-order valence-electron chi connectivity index (χ3n) is 4.73. The number of benzene rings is 2. The van der Waals surface area contributed by atoms with Crippen LogP contribution < -0.4 is 9.47 Å². The van der Waals surface area contributed by atoms with E-state index in [9.17, 15) is 8.42 Å². The second-order valence-electron chi connectivity index (χ2n) is 6.26. The summed E-state index contributed by atoms with van der Waals surface area (Å²) in [6.07, 6.45) is 0.644. The Labute approximate surface area is 149 Å². The second-order valence-corrected chi connectivity index (χ2v) is 8.15. The van der Waals surface area contributed by atoms with E-state index in [4.69, 9.17) is 9.47 Å². The van der Waals surface area contributed by atoms with E-state index in [1.54, 1.807) is 36.7 Å². The van der Waals surface area contributed by atoms with Crippen molar-refractivity contribution in [3.05, 3.63) is 53.1 Å². The summed E-state index contributed by atoms with van der Waals surface area (Å²) in [6.45, 7) is 4.25. The van der Waals surface area contributed by atoms with Gasteiger partial charge in [-0.1, -0.05) is 12.1 Å². The minimum absolute atomic E-state index is 0.269. The molecule has 1 atom stereocenters. The summed E-state index contributed by atoms with van der Waals surface area (Å²) < 4.78 is 38.5. The van der Waals surface area contributed by atoms with Crippen LogP contribution >= 0.6 is 0 Å². The molecule has 3 rings (SSSR count). The summed E-state index contributed by atoms with van der Waals surface area (Å²) in [5, 5.41) is 0. The van der Waals surface area contributed by atoms with Gasteiger partial charge in [-0.15, -0.1) is 0 Å². The molecule has 0 bridgehead atoms. The second kappa shape index (κ2) is 6.69. The molecular formula is C19H23NO4S. The van der Waals surface area contributed by atoms with Crippen molar-refractivity contribution in [2.45, 2.75) is 31.2 Å². The van der Waals surface area contributed by atoms with Crippen molar-refractivity contribution in [1.82, 2.24) is 4.31 Å². The molecule has 1 aliphatic rings. The number of sulfonamides is 1. The molecule has 0 unspecified atom stereocenters. The molecule has 0 aliphatic carbocycles. The molecule has 6 heteroatoms. The van der Waals surface area contributed by atoms with Crippen molar-refractivity contribution in [2.24, 2.45) is 0 Å². The molecule has 25 heavy (non-hydrogen) atoms. The van der Waals surface area contributed by atoms with Crippen LogP contribution in [0.15, 0.2) is 41.3 Å². The van der Waals surface area contributed by atoms with Crippen LogP contribution in [0, 0.1) is 6.92 Å². The van der Waals surface area contributed by atoms with E-state index in [2.05, 4.69) is 0 Å². The van der Waals surface area contributed by atoms with E-state index >= 15 is 0 Å². The van der Waals surface area contributed by atoms with Gasteiger partial charge in [-0.3, -0.25) is 0 Å². The average Bonchev–Trinajstić information content (AvgIpc) is 2.60. The molecule has 1 aliphatic heterocycles. The van der Waals surface area contributed by atoms with Crippen LogP contribution in [0.4, 0.5) is 0 Å². The number of rotatable bonds is 4. The Morgan fingerprint density at radius 2 is 1.76 bits per heavy atom. The minimum atomic E-state index is -3.55. The fourth-order valence-corrected chi connectivity index (χ4v) is 5.08. The lowest BCUT2D eigenvalue weighted by Gasteiger charge is -2.34. The number of hydrogen-bond donors (Lipinski definition) is 0. The SMILES string of the molecule is COc1cc2c(cc1OC)[C@H](C)N(S(=O)(=O)c1cccc(C)c1)CC2. The smallest absolute Gasteiger partial charge is 0.243 e. The molecule has 2 aromatic rings. The molecule has 0 radical (unpaired) electrons. The van der Waals surface area contributed by atoms with Gasteiger partial charge in [0.05, 0.1) is 19.1 Å². The Kier molecular flexibility index (Phi) is 4.75. The quantitative estimate of drug-likeness (QED) is 0.838. The van der Waals surface area contributed by atoms with Gasteiger partial charge in [0.15, 0.2) is 11.5 Å². The molecule has 134 valence electrons. The Morgan fingerprint density at radius 1 is 1.08 bits per heavy atom. The standard InChI is InChI=1S/C19H23NO4S/c1-13-6-5-7-16(10-13)25(21,22)20-9-8-15-11-18(23-3)19(24-4)12-17(15)14(20)2/h5-7,10-12,14H,8-9H2,1-4H3/t14-/m0/s1. The summed E-state index contributed by atoms with van der Waals surface area (Å²) in [5.74, 6) is 1.28. The topological polar surface area (TPSA) is 55.8 Å². The molecule has 1 heterocycles. The van der Waals surface area contributed by atoms with Crippen LogP contribution in [0.2, 0.25) is 0 Å². The third kappa shape index (κ3) is 3.12. The van der Waals surface area contributed by atoms with Crippen LogP contribution in [0.5, 0.6) is 11.5 Å². The van der Waals surface area contributed by atoms with Gasteiger partial charge < -0.3 is 9.47 Å². The summed E-state index contributed by atoms with van der Waals surface area (Å²) in [4.78, 5) is 0.336. The van der Waals surface area contributed by atoms with Crippen molar-refractivity contribution in [2.75, 3.05) is 20.8 Å². The van der Waals surface area contributed by atoms with Crippen molar-refractivity contribution < 1.29 is 17.9 Å². The van der Waals surface area contributed by atoms with Gasteiger partial charge in [0.1, 0.15) is 0 Å². The van der Waals surface area contributed by atoms with Gasteiger partial charge in [-0.05, 0) is 61.2 Å². The van der Waals surface area contributed by atoms with E-state index in [-0.39, 0.29) is 6.04 Å². The predicted molar refractivity (Wildman–Crippen MR) is 96.7 cm³/mol. The molecular weight excluding hydrogens is 338 g/mol. The van der Waals surface area contributed by atoms with Gasteiger partial charge in [0, 0.05) is 12.6 Å². The number of nitrogens with zero attached hydrogens (tertiary/aromatic N) is 1. The highest BCUT2D eigenvalue weighted by atomic mass is 32.2. The first-order valence-corrected chi connectivity index (χ1v) is 9.65. The van der Waals surface area contributed by atoms with Crippen LogP contribution in [0.1, 0.15) is 29.7 Å². The Hall–Kier alpha value is -2.05. The zero-order chi connectivity index (χ0) is 18.2. The lowest BCUT2D eigenvalue weighted by Crippen LogP contribution is -2.38. The molecule has 2 aromatic carbocycles. The first-order valence-electron chi connectivity index (χ1n) is 8.21. The number of aryl methyl sites for hydroxylation is 1. The Morgan fingerprint density at radius 3 is 2.40 bits per heavy atom. The number of methoxy groups -OCH3 is 2. The zero-order valence-electron chi connectivity index (χ0n) is 14.9. The van der Waals surface area contributed by atoms with Crippen molar-refractivity contribution in [3.8, 4) is 11.5 Å². The maximum atomic E-state index is 13.1. The highest BCUT2D eigenvalue weighted by molar-refractivity contribution is 7.89. The van der Waals surface area contributed by atoms with Crippen molar-refractivity contribution >= 4 is 10.0 Å². The Bertz CT molecular complexity index is 892. The largest absolute Gasteiger partial charge is 0.493 e. The van der Waals surface area contributed by atoms with Crippen molar-refractivity contribution in [1.29, 1.82) is 0 Å². The highest BCUT2D eigenvalue weighted by Crippen LogP contribution is 2.39. The summed E-state index contributed by atoms with van der Waals surface area (Å²) >= 11 is 0. The molecule has 0 fully saturated rings. The average molecular weight is 361 g/mol. The zero-order valence-corrected chi connectivity index (χ0v) is 15.8. The van der Waals surface area contributed by atoms with Crippen LogP contribution in [0.25, 0.3) is 0 Å².